The monoisotopic (exact) mass is 319 g/mol. The summed E-state index contributed by atoms with van der Waals surface area (Å²) in [5.74, 6) is -0.269. The molecule has 1 amide bonds. The molecule has 0 bridgehead atoms. The van der Waals surface area contributed by atoms with E-state index in [0.29, 0.717) is 10.6 Å². The molecule has 3 rings (SSSR count). The van der Waals surface area contributed by atoms with Crippen molar-refractivity contribution in [3.63, 3.8) is 0 Å². The zero-order chi connectivity index (χ0) is 15.5. The maximum absolute atomic E-state index is 12.4. The number of rotatable bonds is 4. The molecule has 5 nitrogen and oxygen atoms in total. The van der Waals surface area contributed by atoms with Crippen LogP contribution in [0.1, 0.15) is 41.7 Å². The van der Waals surface area contributed by atoms with E-state index in [0.717, 1.165) is 30.5 Å². The third-order valence-electron chi connectivity index (χ3n) is 4.10. The third-order valence-corrected chi connectivity index (χ3v) is 4.44. The molecule has 2 atom stereocenters. The number of hydrogen-bond donors (Lipinski definition) is 3. The maximum Gasteiger partial charge on any atom is 0.227 e. The first-order valence-electron chi connectivity index (χ1n) is 7.39. The molecule has 116 valence electrons. The van der Waals surface area contributed by atoms with Gasteiger partial charge in [0, 0.05) is 28.4 Å². The van der Waals surface area contributed by atoms with Gasteiger partial charge in [0.15, 0.2) is 0 Å². The average Bonchev–Trinajstić information content (AvgIpc) is 3.01. The van der Waals surface area contributed by atoms with Crippen molar-refractivity contribution >= 4 is 17.5 Å². The van der Waals surface area contributed by atoms with Gasteiger partial charge in [0.2, 0.25) is 5.91 Å². The highest BCUT2D eigenvalue weighted by atomic mass is 35.5. The fourth-order valence-electron chi connectivity index (χ4n) is 2.91. The predicted octanol–water partition coefficient (Wildman–Crippen LogP) is 2.33. The van der Waals surface area contributed by atoms with Gasteiger partial charge < -0.3 is 10.4 Å². The van der Waals surface area contributed by atoms with E-state index in [4.69, 9.17) is 11.6 Å². The van der Waals surface area contributed by atoms with Gasteiger partial charge in [-0.25, -0.2) is 0 Å². The van der Waals surface area contributed by atoms with Crippen LogP contribution in [0.5, 0.6) is 0 Å². The summed E-state index contributed by atoms with van der Waals surface area (Å²) in [6.07, 6.45) is 3.61. The lowest BCUT2D eigenvalue weighted by atomic mass is 9.86. The van der Waals surface area contributed by atoms with Crippen LogP contribution in [0.2, 0.25) is 5.02 Å². The maximum atomic E-state index is 12.4. The van der Waals surface area contributed by atoms with Gasteiger partial charge in [-0.05, 0) is 25.3 Å². The van der Waals surface area contributed by atoms with Crippen molar-refractivity contribution in [1.29, 1.82) is 0 Å². The normalized spacial score (nSPS) is 18.5. The van der Waals surface area contributed by atoms with Crippen LogP contribution in [0, 0.1) is 0 Å². The Balaban J connectivity index is 1.63. The smallest absolute Gasteiger partial charge is 0.227 e. The second kappa shape index (κ2) is 6.50. The highest BCUT2D eigenvalue weighted by molar-refractivity contribution is 6.31. The summed E-state index contributed by atoms with van der Waals surface area (Å²) in [7, 11) is 0. The van der Waals surface area contributed by atoms with Crippen molar-refractivity contribution in [2.45, 2.75) is 31.3 Å². The van der Waals surface area contributed by atoms with Crippen LogP contribution in [0.4, 0.5) is 0 Å². The molecule has 2 aromatic rings. The Hall–Kier alpha value is -1.85. The Kier molecular flexibility index (Phi) is 4.45. The van der Waals surface area contributed by atoms with Crippen molar-refractivity contribution in [2.24, 2.45) is 0 Å². The molecule has 0 radical (unpaired) electrons. The van der Waals surface area contributed by atoms with Gasteiger partial charge in [-0.15, -0.1) is 0 Å². The Morgan fingerprint density at radius 3 is 3.14 bits per heavy atom. The highest BCUT2D eigenvalue weighted by Crippen LogP contribution is 2.30. The van der Waals surface area contributed by atoms with Crippen LogP contribution in [0.25, 0.3) is 0 Å². The minimum absolute atomic E-state index is 0.0755. The molecule has 1 heterocycles. The van der Waals surface area contributed by atoms with Crippen molar-refractivity contribution in [1.82, 2.24) is 15.5 Å². The molecule has 6 heteroatoms. The Labute approximate surface area is 133 Å². The summed E-state index contributed by atoms with van der Waals surface area (Å²) in [5, 5.41) is 20.5. The lowest BCUT2D eigenvalue weighted by Gasteiger charge is -2.22. The summed E-state index contributed by atoms with van der Waals surface area (Å²) in [6, 6.07) is 7.10. The number of aliphatic hydroxyl groups is 1. The lowest BCUT2D eigenvalue weighted by Crippen LogP contribution is -2.34. The van der Waals surface area contributed by atoms with Crippen molar-refractivity contribution in [2.75, 3.05) is 6.54 Å². The number of halogens is 1. The van der Waals surface area contributed by atoms with Crippen molar-refractivity contribution in [3.05, 3.63) is 52.3 Å². The number of H-pyrrole nitrogens is 1. The van der Waals surface area contributed by atoms with E-state index < -0.39 is 6.10 Å². The molecule has 0 saturated heterocycles. The van der Waals surface area contributed by atoms with Crippen LogP contribution in [-0.4, -0.2) is 27.8 Å². The molecule has 0 saturated carbocycles. The molecule has 1 aliphatic carbocycles. The van der Waals surface area contributed by atoms with Gasteiger partial charge >= 0.3 is 0 Å². The first-order chi connectivity index (χ1) is 10.7. The van der Waals surface area contributed by atoms with Gasteiger partial charge in [-0.3, -0.25) is 9.89 Å². The first-order valence-corrected chi connectivity index (χ1v) is 7.77. The van der Waals surface area contributed by atoms with E-state index in [1.54, 1.807) is 24.4 Å². The molecular weight excluding hydrogens is 302 g/mol. The van der Waals surface area contributed by atoms with E-state index >= 15 is 0 Å². The minimum Gasteiger partial charge on any atom is -0.387 e. The quantitative estimate of drug-likeness (QED) is 0.809. The van der Waals surface area contributed by atoms with E-state index in [-0.39, 0.29) is 18.4 Å². The molecular formula is C16H18ClN3O2. The number of nitrogens with one attached hydrogen (secondary N) is 2. The number of amides is 1. The molecule has 1 aromatic heterocycles. The van der Waals surface area contributed by atoms with Crippen LogP contribution in [0.15, 0.2) is 30.5 Å². The number of hydrogen-bond acceptors (Lipinski definition) is 3. The zero-order valence-corrected chi connectivity index (χ0v) is 12.8. The van der Waals surface area contributed by atoms with E-state index in [1.807, 2.05) is 6.07 Å². The fourth-order valence-corrected chi connectivity index (χ4v) is 3.17. The summed E-state index contributed by atoms with van der Waals surface area (Å²) < 4.78 is 0. The molecule has 0 fully saturated rings. The summed E-state index contributed by atoms with van der Waals surface area (Å²) in [5.41, 5.74) is 2.63. The minimum atomic E-state index is -0.815. The molecule has 3 N–H and O–H groups in total. The van der Waals surface area contributed by atoms with Crippen LogP contribution >= 0.6 is 11.6 Å². The van der Waals surface area contributed by atoms with Crippen LogP contribution in [0.3, 0.4) is 0 Å². The van der Waals surface area contributed by atoms with E-state index in [2.05, 4.69) is 15.5 Å². The van der Waals surface area contributed by atoms with E-state index in [9.17, 15) is 9.90 Å². The number of carbonyl (C=O) groups excluding carboxylic acids is 1. The second-order valence-corrected chi connectivity index (χ2v) is 5.94. The second-order valence-electron chi connectivity index (χ2n) is 5.53. The van der Waals surface area contributed by atoms with Gasteiger partial charge in [0.1, 0.15) is 0 Å². The Bertz CT molecular complexity index is 671. The fraction of sp³-hybridized carbons (Fsp3) is 0.375. The molecule has 0 spiro atoms. The number of benzene rings is 1. The number of aryl methyl sites for hydroxylation is 1. The third kappa shape index (κ3) is 3.00. The summed E-state index contributed by atoms with van der Waals surface area (Å²) >= 11 is 6.05. The van der Waals surface area contributed by atoms with Crippen LogP contribution < -0.4 is 5.32 Å². The summed E-state index contributed by atoms with van der Waals surface area (Å²) in [4.78, 5) is 12.4. The van der Waals surface area contributed by atoms with Gasteiger partial charge in [-0.2, -0.15) is 5.10 Å². The SMILES string of the molecule is O=C(NCC(O)c1ccccc1Cl)C1CCCc2[nH]ncc21. The average molecular weight is 320 g/mol. The number of nitrogens with zero attached hydrogens (tertiary/aromatic N) is 1. The van der Waals surface area contributed by atoms with Crippen LogP contribution in [-0.2, 0) is 11.2 Å². The molecule has 22 heavy (non-hydrogen) atoms. The standard InChI is InChI=1S/C16H18ClN3O2/c17-13-6-2-1-4-11(13)15(21)9-18-16(22)10-5-3-7-14-12(10)8-19-20-14/h1-2,4,6,8,10,15,21H,3,5,7,9H2,(H,18,22)(H,19,20). The van der Waals surface area contributed by atoms with Gasteiger partial charge in [0.25, 0.3) is 0 Å². The molecule has 2 unspecified atom stereocenters. The first kappa shape index (κ1) is 15.1. The zero-order valence-electron chi connectivity index (χ0n) is 12.1. The number of aliphatic hydroxyl groups excluding tert-OH is 1. The number of carbonyl (C=O) groups is 1. The number of aromatic amines is 1. The number of aromatic nitrogens is 2. The molecule has 1 aromatic carbocycles. The molecule has 1 aliphatic rings. The topological polar surface area (TPSA) is 78.0 Å². The van der Waals surface area contributed by atoms with Gasteiger partial charge in [0.05, 0.1) is 18.2 Å². The van der Waals surface area contributed by atoms with Gasteiger partial charge in [-0.1, -0.05) is 29.8 Å². The van der Waals surface area contributed by atoms with Crippen molar-refractivity contribution < 1.29 is 9.90 Å². The highest BCUT2D eigenvalue weighted by Gasteiger charge is 2.28. The Morgan fingerprint density at radius 1 is 1.50 bits per heavy atom. The summed E-state index contributed by atoms with van der Waals surface area (Å²) in [6.45, 7) is 0.145. The Morgan fingerprint density at radius 2 is 2.32 bits per heavy atom. The van der Waals surface area contributed by atoms with E-state index in [1.165, 1.54) is 0 Å². The van der Waals surface area contributed by atoms with Crippen molar-refractivity contribution in [3.8, 4) is 0 Å². The lowest BCUT2D eigenvalue weighted by molar-refractivity contribution is -0.123. The predicted molar refractivity (Wildman–Crippen MR) is 83.7 cm³/mol. The molecule has 0 aliphatic heterocycles. The largest absolute Gasteiger partial charge is 0.387 e. The number of fused-ring (bicyclic) bond motifs is 1.